The quantitative estimate of drug-likeness (QED) is 0.894. The smallest absolute Gasteiger partial charge is 0.374 e. The van der Waals surface area contributed by atoms with Crippen LogP contribution in [0.2, 0.25) is 0 Å². The Bertz CT molecular complexity index is 646. The summed E-state index contributed by atoms with van der Waals surface area (Å²) in [6.45, 7) is 2.44. The topological polar surface area (TPSA) is 99.8 Å². The van der Waals surface area contributed by atoms with Gasteiger partial charge in [0.25, 0.3) is 5.91 Å². The van der Waals surface area contributed by atoms with E-state index in [-0.39, 0.29) is 17.4 Å². The van der Waals surface area contributed by atoms with Gasteiger partial charge < -0.3 is 19.4 Å². The predicted molar refractivity (Wildman–Crippen MR) is 73.7 cm³/mol. The first-order chi connectivity index (χ1) is 10.1. The summed E-state index contributed by atoms with van der Waals surface area (Å²) in [6, 6.07) is 1.15. The SMILES string of the molecule is O=C(O)c1cc(C(=O)N2CCN(c3nccs3)CC2)no1. The molecule has 1 aliphatic heterocycles. The molecule has 0 spiro atoms. The number of piperazine rings is 1. The van der Waals surface area contributed by atoms with E-state index in [1.165, 1.54) is 0 Å². The van der Waals surface area contributed by atoms with Gasteiger partial charge in [0.2, 0.25) is 5.76 Å². The maximum absolute atomic E-state index is 12.2. The number of nitrogens with zero attached hydrogens (tertiary/aromatic N) is 4. The van der Waals surface area contributed by atoms with E-state index in [1.54, 1.807) is 22.4 Å². The van der Waals surface area contributed by atoms with Gasteiger partial charge in [0.05, 0.1) is 0 Å². The number of anilines is 1. The van der Waals surface area contributed by atoms with Gasteiger partial charge in [0.15, 0.2) is 10.8 Å². The molecule has 1 fully saturated rings. The minimum Gasteiger partial charge on any atom is -0.475 e. The van der Waals surface area contributed by atoms with Crippen LogP contribution in [0.5, 0.6) is 0 Å². The van der Waals surface area contributed by atoms with E-state index in [4.69, 9.17) is 5.11 Å². The molecule has 2 aromatic heterocycles. The van der Waals surface area contributed by atoms with Crippen LogP contribution >= 0.6 is 11.3 Å². The van der Waals surface area contributed by atoms with E-state index in [2.05, 4.69) is 19.6 Å². The highest BCUT2D eigenvalue weighted by molar-refractivity contribution is 7.13. The number of carboxylic acid groups (broad SMARTS) is 1. The Morgan fingerprint density at radius 3 is 2.62 bits per heavy atom. The monoisotopic (exact) mass is 308 g/mol. The molecule has 3 rings (SSSR count). The fourth-order valence-corrected chi connectivity index (χ4v) is 2.81. The van der Waals surface area contributed by atoms with Crippen molar-refractivity contribution in [2.45, 2.75) is 0 Å². The van der Waals surface area contributed by atoms with Crippen LogP contribution < -0.4 is 4.90 Å². The third kappa shape index (κ3) is 2.72. The van der Waals surface area contributed by atoms with Crippen molar-refractivity contribution in [3.8, 4) is 0 Å². The van der Waals surface area contributed by atoms with Gasteiger partial charge in [-0.3, -0.25) is 4.79 Å². The van der Waals surface area contributed by atoms with E-state index in [9.17, 15) is 9.59 Å². The highest BCUT2D eigenvalue weighted by atomic mass is 32.1. The molecule has 1 saturated heterocycles. The fraction of sp³-hybridized carbons (Fsp3) is 0.333. The minimum atomic E-state index is -1.24. The van der Waals surface area contributed by atoms with Crippen molar-refractivity contribution in [2.75, 3.05) is 31.1 Å². The first kappa shape index (κ1) is 13.6. The molecule has 0 bridgehead atoms. The van der Waals surface area contributed by atoms with Gasteiger partial charge >= 0.3 is 5.97 Å². The number of amides is 1. The molecule has 0 unspecified atom stereocenters. The van der Waals surface area contributed by atoms with Crippen molar-refractivity contribution in [1.82, 2.24) is 15.0 Å². The molecular weight excluding hydrogens is 296 g/mol. The average molecular weight is 308 g/mol. The highest BCUT2D eigenvalue weighted by Crippen LogP contribution is 2.19. The van der Waals surface area contributed by atoms with Crippen molar-refractivity contribution in [1.29, 1.82) is 0 Å². The lowest BCUT2D eigenvalue weighted by Gasteiger charge is -2.34. The van der Waals surface area contributed by atoms with E-state index in [0.29, 0.717) is 26.2 Å². The highest BCUT2D eigenvalue weighted by Gasteiger charge is 2.26. The third-order valence-electron chi connectivity index (χ3n) is 3.20. The van der Waals surface area contributed by atoms with Gasteiger partial charge in [0, 0.05) is 43.8 Å². The Balaban J connectivity index is 1.63. The van der Waals surface area contributed by atoms with E-state index in [1.807, 2.05) is 5.38 Å². The largest absolute Gasteiger partial charge is 0.475 e. The Hall–Kier alpha value is -2.42. The van der Waals surface area contributed by atoms with Crippen molar-refractivity contribution in [3.05, 3.63) is 29.1 Å². The summed E-state index contributed by atoms with van der Waals surface area (Å²) in [5.41, 5.74) is 0.0232. The van der Waals surface area contributed by atoms with Crippen LogP contribution in [0.1, 0.15) is 21.0 Å². The van der Waals surface area contributed by atoms with Crippen LogP contribution in [0, 0.1) is 0 Å². The van der Waals surface area contributed by atoms with Crippen molar-refractivity contribution in [3.63, 3.8) is 0 Å². The molecule has 0 saturated carbocycles. The van der Waals surface area contributed by atoms with Gasteiger partial charge in [0.1, 0.15) is 0 Å². The number of aromatic nitrogens is 2. The molecule has 8 nitrogen and oxygen atoms in total. The van der Waals surface area contributed by atoms with Crippen LogP contribution in [0.4, 0.5) is 5.13 Å². The molecule has 110 valence electrons. The first-order valence-electron chi connectivity index (χ1n) is 6.29. The molecule has 1 aliphatic rings. The summed E-state index contributed by atoms with van der Waals surface area (Å²) in [5.74, 6) is -1.89. The maximum Gasteiger partial charge on any atom is 0.374 e. The second-order valence-corrected chi connectivity index (χ2v) is 5.35. The lowest BCUT2D eigenvalue weighted by Crippen LogP contribution is -2.48. The predicted octanol–water partition coefficient (Wildman–Crippen LogP) is 0.792. The van der Waals surface area contributed by atoms with Gasteiger partial charge in [-0.2, -0.15) is 0 Å². The Kier molecular flexibility index (Phi) is 3.57. The molecule has 21 heavy (non-hydrogen) atoms. The fourth-order valence-electron chi connectivity index (χ4n) is 2.11. The van der Waals surface area contributed by atoms with Gasteiger partial charge in [-0.25, -0.2) is 9.78 Å². The van der Waals surface area contributed by atoms with Crippen molar-refractivity contribution >= 4 is 28.3 Å². The lowest BCUT2D eigenvalue weighted by molar-refractivity contribution is 0.0648. The van der Waals surface area contributed by atoms with Crippen LogP contribution in [0.3, 0.4) is 0 Å². The van der Waals surface area contributed by atoms with Crippen LogP contribution in [-0.2, 0) is 0 Å². The first-order valence-corrected chi connectivity index (χ1v) is 7.17. The molecule has 0 radical (unpaired) electrons. The third-order valence-corrected chi connectivity index (χ3v) is 4.03. The number of carbonyl (C=O) groups is 2. The Morgan fingerprint density at radius 1 is 1.29 bits per heavy atom. The molecule has 0 aromatic carbocycles. The van der Waals surface area contributed by atoms with Gasteiger partial charge in [-0.15, -0.1) is 11.3 Å². The number of carboxylic acids is 1. The molecular formula is C12H12N4O4S. The Labute approximate surface area is 123 Å². The second-order valence-electron chi connectivity index (χ2n) is 4.48. The number of hydrogen-bond donors (Lipinski definition) is 1. The summed E-state index contributed by atoms with van der Waals surface area (Å²) in [5, 5.41) is 15.1. The van der Waals surface area contributed by atoms with Gasteiger partial charge in [-0.05, 0) is 0 Å². The summed E-state index contributed by atoms with van der Waals surface area (Å²) in [6.07, 6.45) is 1.75. The van der Waals surface area contributed by atoms with E-state index < -0.39 is 5.97 Å². The summed E-state index contributed by atoms with van der Waals surface area (Å²) in [4.78, 5) is 30.9. The molecule has 9 heteroatoms. The number of aromatic carboxylic acids is 1. The number of hydrogen-bond acceptors (Lipinski definition) is 7. The van der Waals surface area contributed by atoms with Crippen molar-refractivity contribution < 1.29 is 19.2 Å². The molecule has 0 aliphatic carbocycles. The Morgan fingerprint density at radius 2 is 2.05 bits per heavy atom. The second kappa shape index (κ2) is 5.52. The number of thiazole rings is 1. The standard InChI is InChI=1S/C12H12N4O4S/c17-10(8-7-9(11(18)19)20-14-8)15-2-4-16(5-3-15)12-13-1-6-21-12/h1,6-7H,2-5H2,(H,18,19). The maximum atomic E-state index is 12.2. The molecule has 2 aromatic rings. The summed E-state index contributed by atoms with van der Waals surface area (Å²) in [7, 11) is 0. The van der Waals surface area contributed by atoms with Crippen LogP contribution in [0.15, 0.2) is 22.2 Å². The summed E-state index contributed by atoms with van der Waals surface area (Å²) < 4.78 is 4.60. The molecule has 1 N–H and O–H groups in total. The molecule has 0 atom stereocenters. The summed E-state index contributed by atoms with van der Waals surface area (Å²) >= 11 is 1.56. The normalized spacial score (nSPS) is 15.2. The zero-order valence-electron chi connectivity index (χ0n) is 10.9. The van der Waals surface area contributed by atoms with Crippen LogP contribution in [-0.4, -0.2) is 58.2 Å². The zero-order chi connectivity index (χ0) is 14.8. The lowest BCUT2D eigenvalue weighted by atomic mass is 10.2. The minimum absolute atomic E-state index is 0.0232. The number of carbonyl (C=O) groups excluding carboxylic acids is 1. The van der Waals surface area contributed by atoms with Crippen molar-refractivity contribution in [2.24, 2.45) is 0 Å². The van der Waals surface area contributed by atoms with Gasteiger partial charge in [-0.1, -0.05) is 5.16 Å². The zero-order valence-corrected chi connectivity index (χ0v) is 11.7. The molecule has 3 heterocycles. The molecule has 1 amide bonds. The van der Waals surface area contributed by atoms with E-state index >= 15 is 0 Å². The number of rotatable bonds is 3. The van der Waals surface area contributed by atoms with E-state index in [0.717, 1.165) is 11.2 Å². The van der Waals surface area contributed by atoms with Crippen LogP contribution in [0.25, 0.3) is 0 Å². The average Bonchev–Trinajstić information content (AvgIpc) is 3.18.